The van der Waals surface area contributed by atoms with E-state index in [2.05, 4.69) is 41.2 Å². The number of rotatable bonds is 6. The van der Waals surface area contributed by atoms with Crippen LogP contribution in [0.1, 0.15) is 106 Å². The Hall–Kier alpha value is -1.13. The van der Waals surface area contributed by atoms with Crippen LogP contribution in [0.15, 0.2) is 23.3 Å². The summed E-state index contributed by atoms with van der Waals surface area (Å²) in [5.74, 6) is -0.485. The van der Waals surface area contributed by atoms with Gasteiger partial charge in [-0.25, -0.2) is 0 Å². The van der Waals surface area contributed by atoms with Crippen LogP contribution in [0.2, 0.25) is 0 Å². The summed E-state index contributed by atoms with van der Waals surface area (Å²) in [4.78, 5) is 12.5. The fourth-order valence-electron chi connectivity index (χ4n) is 9.44. The Morgan fingerprint density at radius 2 is 1.68 bits per heavy atom. The molecule has 0 aliphatic heterocycles. The van der Waals surface area contributed by atoms with Gasteiger partial charge < -0.3 is 15.3 Å². The number of hydrogen-bond acceptors (Lipinski definition) is 3. The summed E-state index contributed by atoms with van der Waals surface area (Å²) in [6, 6.07) is 0. The molecular formula is C30H48O4. The van der Waals surface area contributed by atoms with E-state index in [-0.39, 0.29) is 33.7 Å². The van der Waals surface area contributed by atoms with Crippen LogP contribution >= 0.6 is 0 Å². The van der Waals surface area contributed by atoms with Crippen LogP contribution < -0.4 is 0 Å². The maximum atomic E-state index is 12.5. The summed E-state index contributed by atoms with van der Waals surface area (Å²) >= 11 is 0. The molecule has 2 fully saturated rings. The fourth-order valence-corrected chi connectivity index (χ4v) is 9.44. The predicted octanol–water partition coefficient (Wildman–Crippen LogP) is 6.51. The second kappa shape index (κ2) is 8.47. The zero-order valence-corrected chi connectivity index (χ0v) is 22.4. The Bertz CT molecular complexity index is 886. The van der Waals surface area contributed by atoms with Crippen LogP contribution in [0.5, 0.6) is 0 Å². The molecule has 0 aromatic heterocycles. The largest absolute Gasteiger partial charge is 0.481 e. The van der Waals surface area contributed by atoms with Gasteiger partial charge in [-0.1, -0.05) is 57.9 Å². The molecule has 34 heavy (non-hydrogen) atoms. The molecule has 0 saturated heterocycles. The highest BCUT2D eigenvalue weighted by Gasteiger charge is 2.64. The Balaban J connectivity index is 1.67. The number of hydrogen-bond donors (Lipinski definition) is 3. The van der Waals surface area contributed by atoms with Crippen molar-refractivity contribution in [3.05, 3.63) is 23.3 Å². The van der Waals surface area contributed by atoms with E-state index in [1.165, 1.54) is 0 Å². The molecule has 4 nitrogen and oxygen atoms in total. The van der Waals surface area contributed by atoms with Crippen LogP contribution in [0, 0.1) is 39.4 Å². The number of aliphatic carboxylic acids is 1. The Morgan fingerprint density at radius 3 is 2.29 bits per heavy atom. The molecule has 0 heterocycles. The quantitative estimate of drug-likeness (QED) is 0.385. The first-order chi connectivity index (χ1) is 15.7. The molecular weight excluding hydrogens is 424 g/mol. The minimum atomic E-state index is -0.706. The third-order valence-electron chi connectivity index (χ3n) is 11.9. The number of carboxylic acids is 1. The van der Waals surface area contributed by atoms with Crippen LogP contribution in [-0.4, -0.2) is 33.5 Å². The summed E-state index contributed by atoms with van der Waals surface area (Å²) < 4.78 is 0. The van der Waals surface area contributed by atoms with Crippen molar-refractivity contribution in [1.29, 1.82) is 0 Å². The van der Waals surface area contributed by atoms with Crippen molar-refractivity contribution < 1.29 is 20.1 Å². The van der Waals surface area contributed by atoms with Crippen LogP contribution in [0.3, 0.4) is 0 Å². The van der Waals surface area contributed by atoms with Crippen molar-refractivity contribution >= 4 is 5.97 Å². The fraction of sp³-hybridized carbons (Fsp3) is 0.833. The predicted molar refractivity (Wildman–Crippen MR) is 136 cm³/mol. The highest BCUT2D eigenvalue weighted by molar-refractivity contribution is 5.70. The molecule has 0 bridgehead atoms. The van der Waals surface area contributed by atoms with Gasteiger partial charge in [-0.05, 0) is 105 Å². The van der Waals surface area contributed by atoms with Gasteiger partial charge >= 0.3 is 5.97 Å². The summed E-state index contributed by atoms with van der Waals surface area (Å²) in [5.41, 5.74) is 4.11. The van der Waals surface area contributed by atoms with Gasteiger partial charge in [0.15, 0.2) is 0 Å². The van der Waals surface area contributed by atoms with E-state index in [0.717, 1.165) is 51.4 Å². The van der Waals surface area contributed by atoms with E-state index in [4.69, 9.17) is 0 Å². The molecule has 4 aliphatic rings. The van der Waals surface area contributed by atoms with Gasteiger partial charge in [0, 0.05) is 0 Å². The first-order valence-electron chi connectivity index (χ1n) is 13.7. The summed E-state index contributed by atoms with van der Waals surface area (Å²) in [6.07, 6.45) is 8.43. The molecule has 0 spiro atoms. The zero-order chi connectivity index (χ0) is 25.3. The number of allylic oxidation sites excluding steroid dienone is 2. The third-order valence-corrected chi connectivity index (χ3v) is 11.9. The molecule has 0 aromatic carbocycles. The average Bonchev–Trinajstić information content (AvgIpc) is 3.02. The van der Waals surface area contributed by atoms with Crippen LogP contribution in [0.25, 0.3) is 0 Å². The van der Waals surface area contributed by atoms with E-state index in [1.807, 2.05) is 6.92 Å². The van der Waals surface area contributed by atoms with Gasteiger partial charge in [0.1, 0.15) is 0 Å². The third kappa shape index (κ3) is 3.57. The molecule has 2 saturated carbocycles. The van der Waals surface area contributed by atoms with Crippen molar-refractivity contribution in [3.63, 3.8) is 0 Å². The van der Waals surface area contributed by atoms with Crippen molar-refractivity contribution in [2.24, 2.45) is 39.4 Å². The van der Waals surface area contributed by atoms with E-state index in [0.29, 0.717) is 24.3 Å². The Morgan fingerprint density at radius 1 is 1.00 bits per heavy atom. The minimum absolute atomic E-state index is 0.0318. The molecule has 8 atom stereocenters. The summed E-state index contributed by atoms with van der Waals surface area (Å²) in [5, 5.41) is 31.3. The van der Waals surface area contributed by atoms with Gasteiger partial charge in [-0.3, -0.25) is 4.79 Å². The van der Waals surface area contributed by atoms with E-state index in [1.54, 1.807) is 11.1 Å². The van der Waals surface area contributed by atoms with Gasteiger partial charge in [0.05, 0.1) is 18.1 Å². The van der Waals surface area contributed by atoms with E-state index < -0.39 is 18.0 Å². The molecule has 192 valence electrons. The molecule has 3 N–H and O–H groups in total. The standard InChI is InChI=1S/C30H48O4/c1-18(2)23(31)10-8-19(26(33)34)20-12-16-30(7)22-9-11-24-27(3,4)25(32)14-15-28(24,5)21(22)13-17-29(20,30)6/h19-20,23-25,31-32H,1,8-17H2,2-7H3,(H,33,34)/t19-,20-,23+,24-,25+,28-,29-,30+/m1/s1. The monoisotopic (exact) mass is 472 g/mol. The lowest BCUT2D eigenvalue weighted by Crippen LogP contribution is -2.55. The number of fused-ring (bicyclic) bond motifs is 4. The van der Waals surface area contributed by atoms with Crippen LogP contribution in [0.4, 0.5) is 0 Å². The highest BCUT2D eigenvalue weighted by atomic mass is 16.4. The second-order valence-electron chi connectivity index (χ2n) is 13.6. The number of aliphatic hydroxyl groups is 2. The number of carboxylic acid groups (broad SMARTS) is 1. The van der Waals surface area contributed by atoms with Gasteiger partial charge in [0.25, 0.3) is 0 Å². The smallest absolute Gasteiger partial charge is 0.306 e. The maximum absolute atomic E-state index is 12.5. The lowest BCUT2D eigenvalue weighted by molar-refractivity contribution is -0.147. The van der Waals surface area contributed by atoms with E-state index >= 15 is 0 Å². The number of carbonyl (C=O) groups is 1. The minimum Gasteiger partial charge on any atom is -0.481 e. The number of aliphatic hydroxyl groups excluding tert-OH is 2. The van der Waals surface area contributed by atoms with Gasteiger partial charge in [0.2, 0.25) is 0 Å². The first kappa shape index (κ1) is 25.9. The van der Waals surface area contributed by atoms with Crippen molar-refractivity contribution in [2.75, 3.05) is 0 Å². The molecule has 0 unspecified atom stereocenters. The SMILES string of the molecule is C=C(C)[C@@H](O)CC[C@@H](C(=O)O)[C@H]1CC[C@@]2(C)C3=C(CC[C@]12C)[C@@]1(C)CC[C@H](O)C(C)(C)[C@H]1CC3. The molecule has 4 aliphatic carbocycles. The lowest BCUT2D eigenvalue weighted by Gasteiger charge is -2.62. The summed E-state index contributed by atoms with van der Waals surface area (Å²) in [6.45, 7) is 17.5. The second-order valence-corrected chi connectivity index (χ2v) is 13.6. The first-order valence-corrected chi connectivity index (χ1v) is 13.7. The van der Waals surface area contributed by atoms with Crippen molar-refractivity contribution in [2.45, 2.75) is 118 Å². The maximum Gasteiger partial charge on any atom is 0.306 e. The molecule has 0 amide bonds. The topological polar surface area (TPSA) is 77.8 Å². The Labute approximate surface area is 206 Å². The lowest BCUT2D eigenvalue weighted by atomic mass is 9.43. The van der Waals surface area contributed by atoms with Crippen molar-refractivity contribution in [1.82, 2.24) is 0 Å². The summed E-state index contributed by atoms with van der Waals surface area (Å²) in [7, 11) is 0. The van der Waals surface area contributed by atoms with Crippen molar-refractivity contribution in [3.8, 4) is 0 Å². The highest BCUT2D eigenvalue weighted by Crippen LogP contribution is 2.72. The van der Waals surface area contributed by atoms with Gasteiger partial charge in [-0.2, -0.15) is 0 Å². The van der Waals surface area contributed by atoms with Crippen LogP contribution in [-0.2, 0) is 4.79 Å². The molecule has 4 rings (SSSR count). The average molecular weight is 473 g/mol. The Kier molecular flexibility index (Phi) is 6.47. The molecule has 4 heteroatoms. The van der Waals surface area contributed by atoms with E-state index in [9.17, 15) is 20.1 Å². The zero-order valence-electron chi connectivity index (χ0n) is 22.4. The normalized spacial score (nSPS) is 42.9. The van der Waals surface area contributed by atoms with Gasteiger partial charge in [-0.15, -0.1) is 0 Å². The molecule has 0 aromatic rings. The molecule has 0 radical (unpaired) electrons.